The van der Waals surface area contributed by atoms with Gasteiger partial charge in [0.1, 0.15) is 11.6 Å². The molecule has 0 N–H and O–H groups in total. The molecule has 2 aromatic carbocycles. The predicted octanol–water partition coefficient (Wildman–Crippen LogP) is 5.78. The van der Waals surface area contributed by atoms with Crippen LogP contribution in [0.5, 0.6) is 0 Å². The molecule has 4 rings (SSSR count). The van der Waals surface area contributed by atoms with Gasteiger partial charge in [0.05, 0.1) is 5.52 Å². The Balaban J connectivity index is 1.96. The zero-order valence-electron chi connectivity index (χ0n) is 14.9. The molecule has 2 unspecified atom stereocenters. The summed E-state index contributed by atoms with van der Waals surface area (Å²) in [6.45, 7) is 4.01. The maximum atomic E-state index is 13.4. The SMILES string of the molecule is CC(C)C1C(=O)C(c2ccc(I)cc2Cl)C(=O)c2nc3ccccc3cc21. The molecule has 0 aliphatic heterocycles. The Kier molecular flexibility index (Phi) is 4.80. The molecule has 1 aliphatic rings. The number of halogens is 2. The van der Waals surface area contributed by atoms with E-state index in [4.69, 9.17) is 11.6 Å². The first-order valence-corrected chi connectivity index (χ1v) is 10.3. The zero-order valence-corrected chi connectivity index (χ0v) is 17.8. The van der Waals surface area contributed by atoms with Crippen LogP contribution in [0.3, 0.4) is 0 Å². The Bertz CT molecular complexity index is 1090. The highest BCUT2D eigenvalue weighted by Crippen LogP contribution is 2.42. The average Bonchev–Trinajstić information content (AvgIpc) is 2.62. The van der Waals surface area contributed by atoms with Crippen molar-refractivity contribution in [2.24, 2.45) is 5.92 Å². The highest BCUT2D eigenvalue weighted by molar-refractivity contribution is 14.1. The minimum Gasteiger partial charge on any atom is -0.298 e. The van der Waals surface area contributed by atoms with Gasteiger partial charge in [0.25, 0.3) is 0 Å². The number of rotatable bonds is 2. The highest BCUT2D eigenvalue weighted by atomic mass is 127. The van der Waals surface area contributed by atoms with E-state index >= 15 is 0 Å². The lowest BCUT2D eigenvalue weighted by Crippen LogP contribution is -2.36. The third-order valence-corrected chi connectivity index (χ3v) is 6.11. The van der Waals surface area contributed by atoms with Gasteiger partial charge in [-0.2, -0.15) is 0 Å². The van der Waals surface area contributed by atoms with Crippen LogP contribution in [-0.2, 0) is 4.79 Å². The number of aromatic nitrogens is 1. The van der Waals surface area contributed by atoms with Gasteiger partial charge in [0.2, 0.25) is 0 Å². The molecule has 1 heterocycles. The van der Waals surface area contributed by atoms with Crippen LogP contribution in [0.1, 0.15) is 47.3 Å². The lowest BCUT2D eigenvalue weighted by atomic mass is 9.70. The molecule has 0 bridgehead atoms. The Morgan fingerprint density at radius 1 is 1.04 bits per heavy atom. The molecule has 0 saturated heterocycles. The first-order chi connectivity index (χ1) is 12.9. The number of ketones is 2. The summed E-state index contributed by atoms with van der Waals surface area (Å²) in [5, 5.41) is 1.38. The molecule has 0 radical (unpaired) electrons. The van der Waals surface area contributed by atoms with Crippen molar-refractivity contribution >= 4 is 56.7 Å². The van der Waals surface area contributed by atoms with Crippen LogP contribution in [-0.4, -0.2) is 16.6 Å². The molecule has 136 valence electrons. The number of hydrogen-bond donors (Lipinski definition) is 0. The Hall–Kier alpha value is -1.79. The maximum absolute atomic E-state index is 13.4. The van der Waals surface area contributed by atoms with E-state index in [-0.39, 0.29) is 23.4 Å². The number of benzene rings is 2. The molecule has 1 aliphatic carbocycles. The summed E-state index contributed by atoms with van der Waals surface area (Å²) in [7, 11) is 0. The lowest BCUT2D eigenvalue weighted by molar-refractivity contribution is -0.122. The minimum atomic E-state index is -0.900. The summed E-state index contributed by atoms with van der Waals surface area (Å²) in [6, 6.07) is 15.1. The normalized spacial score (nSPS) is 19.6. The summed E-state index contributed by atoms with van der Waals surface area (Å²) >= 11 is 8.57. The van der Waals surface area contributed by atoms with Crippen LogP contribution in [0.4, 0.5) is 0 Å². The van der Waals surface area contributed by atoms with Gasteiger partial charge in [-0.05, 0) is 63.9 Å². The Morgan fingerprint density at radius 2 is 1.78 bits per heavy atom. The van der Waals surface area contributed by atoms with Gasteiger partial charge in [-0.3, -0.25) is 9.59 Å². The van der Waals surface area contributed by atoms with Crippen molar-refractivity contribution in [3.63, 3.8) is 0 Å². The lowest BCUT2D eigenvalue weighted by Gasteiger charge is -2.31. The van der Waals surface area contributed by atoms with Crippen LogP contribution < -0.4 is 0 Å². The highest BCUT2D eigenvalue weighted by Gasteiger charge is 2.44. The smallest absolute Gasteiger partial charge is 0.196 e. The first-order valence-electron chi connectivity index (χ1n) is 8.81. The number of pyridine rings is 1. The monoisotopic (exact) mass is 489 g/mol. The van der Waals surface area contributed by atoms with Gasteiger partial charge in [0.15, 0.2) is 11.6 Å². The topological polar surface area (TPSA) is 47.0 Å². The van der Waals surface area contributed by atoms with Crippen molar-refractivity contribution in [2.75, 3.05) is 0 Å². The molecule has 0 spiro atoms. The molecule has 0 fully saturated rings. The van der Waals surface area contributed by atoms with Gasteiger partial charge < -0.3 is 0 Å². The number of carbonyl (C=O) groups excluding carboxylic acids is 2. The third-order valence-electron chi connectivity index (χ3n) is 5.12. The van der Waals surface area contributed by atoms with Crippen LogP contribution in [0.15, 0.2) is 48.5 Å². The van der Waals surface area contributed by atoms with Gasteiger partial charge in [-0.25, -0.2) is 4.98 Å². The number of Topliss-reactive ketones (excluding diaryl/α,β-unsaturated/α-hetero) is 2. The molecule has 5 heteroatoms. The summed E-state index contributed by atoms with van der Waals surface area (Å²) in [4.78, 5) is 31.4. The number of hydrogen-bond acceptors (Lipinski definition) is 3. The molecule has 0 saturated carbocycles. The van der Waals surface area contributed by atoms with E-state index in [2.05, 4.69) is 27.6 Å². The molecule has 3 nitrogen and oxygen atoms in total. The fourth-order valence-electron chi connectivity index (χ4n) is 3.88. The number of fused-ring (bicyclic) bond motifs is 2. The summed E-state index contributed by atoms with van der Waals surface area (Å²) in [5.74, 6) is -1.58. The van der Waals surface area contributed by atoms with Crippen LogP contribution in [0, 0.1) is 9.49 Å². The summed E-state index contributed by atoms with van der Waals surface area (Å²) in [6.07, 6.45) is 0. The van der Waals surface area contributed by atoms with Crippen LogP contribution in [0.2, 0.25) is 5.02 Å². The number of nitrogens with zero attached hydrogens (tertiary/aromatic N) is 1. The fraction of sp³-hybridized carbons (Fsp3) is 0.227. The standard InChI is InChI=1S/C22H17ClINO2/c1-11(2)18-15-9-12-5-3-4-6-17(12)25-20(15)22(27)19(21(18)26)14-8-7-13(24)10-16(14)23/h3-11,18-19H,1-2H3. The molecule has 3 aromatic rings. The van der Waals surface area contributed by atoms with Crippen molar-refractivity contribution in [3.05, 3.63) is 73.9 Å². The largest absolute Gasteiger partial charge is 0.298 e. The first kappa shape index (κ1) is 18.6. The van der Waals surface area contributed by atoms with E-state index in [1.165, 1.54) is 0 Å². The van der Waals surface area contributed by atoms with Crippen molar-refractivity contribution in [3.8, 4) is 0 Å². The van der Waals surface area contributed by atoms with E-state index < -0.39 is 5.92 Å². The minimum absolute atomic E-state index is 0.0532. The average molecular weight is 490 g/mol. The fourth-order valence-corrected chi connectivity index (χ4v) is 4.85. The van der Waals surface area contributed by atoms with Crippen molar-refractivity contribution < 1.29 is 9.59 Å². The molecule has 1 aromatic heterocycles. The molecular weight excluding hydrogens is 473 g/mol. The second-order valence-electron chi connectivity index (χ2n) is 7.21. The third kappa shape index (κ3) is 3.09. The predicted molar refractivity (Wildman–Crippen MR) is 116 cm³/mol. The van der Waals surface area contributed by atoms with Gasteiger partial charge in [0, 0.05) is 19.9 Å². The number of para-hydroxylation sites is 1. The Morgan fingerprint density at radius 3 is 2.48 bits per heavy atom. The van der Waals surface area contributed by atoms with Gasteiger partial charge in [-0.1, -0.05) is 49.7 Å². The zero-order chi connectivity index (χ0) is 19.3. The van der Waals surface area contributed by atoms with E-state index in [1.807, 2.05) is 50.2 Å². The van der Waals surface area contributed by atoms with Crippen LogP contribution in [0.25, 0.3) is 10.9 Å². The van der Waals surface area contributed by atoms with E-state index in [9.17, 15) is 9.59 Å². The molecule has 2 atom stereocenters. The van der Waals surface area contributed by atoms with E-state index in [1.54, 1.807) is 12.1 Å². The van der Waals surface area contributed by atoms with Crippen molar-refractivity contribution in [2.45, 2.75) is 25.7 Å². The maximum Gasteiger partial charge on any atom is 0.196 e. The molecule has 27 heavy (non-hydrogen) atoms. The van der Waals surface area contributed by atoms with E-state index in [0.717, 1.165) is 20.0 Å². The van der Waals surface area contributed by atoms with E-state index in [0.29, 0.717) is 16.3 Å². The quantitative estimate of drug-likeness (QED) is 0.339. The summed E-state index contributed by atoms with van der Waals surface area (Å²) < 4.78 is 0.960. The molecular formula is C22H17ClINO2. The Labute approximate surface area is 176 Å². The second-order valence-corrected chi connectivity index (χ2v) is 8.86. The van der Waals surface area contributed by atoms with Crippen molar-refractivity contribution in [1.82, 2.24) is 4.98 Å². The summed E-state index contributed by atoms with van der Waals surface area (Å²) in [5.41, 5.74) is 2.45. The van der Waals surface area contributed by atoms with Crippen molar-refractivity contribution in [1.29, 1.82) is 0 Å². The van der Waals surface area contributed by atoms with Gasteiger partial charge in [-0.15, -0.1) is 0 Å². The number of carbonyl (C=O) groups is 2. The van der Waals surface area contributed by atoms with Crippen LogP contribution >= 0.6 is 34.2 Å². The second kappa shape index (κ2) is 6.99. The van der Waals surface area contributed by atoms with Gasteiger partial charge >= 0.3 is 0 Å². The molecule has 0 amide bonds.